The minimum absolute atomic E-state index is 0.523. The van der Waals surface area contributed by atoms with E-state index in [1.807, 2.05) is 6.08 Å². The minimum Gasteiger partial charge on any atom is -0.0990 e. The van der Waals surface area contributed by atoms with Crippen LogP contribution >= 0.6 is 7.92 Å². The van der Waals surface area contributed by atoms with Crippen molar-refractivity contribution in [2.24, 2.45) is 0 Å². The van der Waals surface area contributed by atoms with Crippen LogP contribution in [0.4, 0.5) is 0 Å². The van der Waals surface area contributed by atoms with Crippen LogP contribution in [0.15, 0.2) is 90.1 Å². The van der Waals surface area contributed by atoms with Crippen molar-refractivity contribution in [2.45, 2.75) is 20.8 Å². The Kier molecular flexibility index (Phi) is 7.62. The highest BCUT2D eigenvalue weighted by molar-refractivity contribution is 7.74. The molecule has 0 amide bonds. The van der Waals surface area contributed by atoms with Crippen molar-refractivity contribution >= 4 is 13.2 Å². The van der Waals surface area contributed by atoms with Crippen LogP contribution in [-0.2, 0) is 0 Å². The fraction of sp³-hybridized carbons (Fsp3) is 0.158. The number of hydrogen-bond donors (Lipinski definition) is 0. The Bertz CT molecular complexity index is 530. The first-order valence-corrected chi connectivity index (χ1v) is 8.22. The average Bonchev–Trinajstić information content (AvgIpc) is 2.48. The van der Waals surface area contributed by atoms with Crippen molar-refractivity contribution in [3.63, 3.8) is 0 Å². The highest BCUT2D eigenvalue weighted by Crippen LogP contribution is 2.52. The molecule has 0 aliphatic heterocycles. The second-order valence-corrected chi connectivity index (χ2v) is 6.43. The number of rotatable bonds is 6. The van der Waals surface area contributed by atoms with Crippen LogP contribution in [-0.4, -0.2) is 0 Å². The van der Waals surface area contributed by atoms with Crippen molar-refractivity contribution in [3.05, 3.63) is 90.1 Å². The molecule has 0 fully saturated rings. The van der Waals surface area contributed by atoms with Gasteiger partial charge in [0.25, 0.3) is 0 Å². The standard InChI is InChI=1S/C19H23P/c1-5-12-17(8-4)20(18(13-6-2)14-7-3)19-15-10-9-11-16-19/h5-16H,2H2,1,3-4H3/b12-5-,14-7-,17-8+,18-13+. The third kappa shape index (κ3) is 4.47. The Balaban J connectivity index is 3.41. The first kappa shape index (κ1) is 16.4. The summed E-state index contributed by atoms with van der Waals surface area (Å²) in [4.78, 5) is 0. The maximum absolute atomic E-state index is 3.85. The zero-order chi connectivity index (χ0) is 14.8. The Morgan fingerprint density at radius 2 is 1.55 bits per heavy atom. The summed E-state index contributed by atoms with van der Waals surface area (Å²) in [6.45, 7) is 10.1. The van der Waals surface area contributed by atoms with E-state index in [0.717, 1.165) is 0 Å². The van der Waals surface area contributed by atoms with E-state index in [1.54, 1.807) is 0 Å². The molecule has 0 aliphatic rings. The SMILES string of the molecule is C=C/C=C(\C=C/C)P(C(/C=C\C)=C/C)c1ccccc1. The van der Waals surface area contributed by atoms with Crippen LogP contribution in [0.1, 0.15) is 20.8 Å². The van der Waals surface area contributed by atoms with Gasteiger partial charge in [0, 0.05) is 0 Å². The summed E-state index contributed by atoms with van der Waals surface area (Å²) < 4.78 is 0. The van der Waals surface area contributed by atoms with Gasteiger partial charge < -0.3 is 0 Å². The van der Waals surface area contributed by atoms with Crippen LogP contribution < -0.4 is 5.30 Å². The molecule has 1 aromatic rings. The van der Waals surface area contributed by atoms with Gasteiger partial charge in [0.05, 0.1) is 0 Å². The van der Waals surface area contributed by atoms with Gasteiger partial charge in [-0.05, 0) is 44.6 Å². The second-order valence-electron chi connectivity index (χ2n) is 4.21. The molecule has 0 radical (unpaired) electrons. The van der Waals surface area contributed by atoms with Gasteiger partial charge in [-0.25, -0.2) is 0 Å². The lowest BCUT2D eigenvalue weighted by Crippen LogP contribution is -2.02. The summed E-state index contributed by atoms with van der Waals surface area (Å²) in [5, 5.41) is 4.04. The van der Waals surface area contributed by atoms with Gasteiger partial charge in [-0.3, -0.25) is 0 Å². The molecule has 20 heavy (non-hydrogen) atoms. The summed E-state index contributed by atoms with van der Waals surface area (Å²) >= 11 is 0. The van der Waals surface area contributed by atoms with E-state index in [2.05, 4.69) is 94.1 Å². The number of benzene rings is 1. The molecule has 1 rings (SSSR count). The predicted octanol–water partition coefficient (Wildman–Crippen LogP) is 5.92. The van der Waals surface area contributed by atoms with Crippen LogP contribution in [0.2, 0.25) is 0 Å². The summed E-state index contributed by atoms with van der Waals surface area (Å²) in [6, 6.07) is 10.7. The maximum atomic E-state index is 3.85. The lowest BCUT2D eigenvalue weighted by Gasteiger charge is -2.21. The Labute approximate surface area is 124 Å². The average molecular weight is 282 g/mol. The molecule has 0 heterocycles. The van der Waals surface area contributed by atoms with E-state index < -0.39 is 7.92 Å². The third-order valence-electron chi connectivity index (χ3n) is 2.79. The molecule has 0 N–H and O–H groups in total. The van der Waals surface area contributed by atoms with Crippen LogP contribution in [0.3, 0.4) is 0 Å². The van der Waals surface area contributed by atoms with E-state index in [-0.39, 0.29) is 0 Å². The maximum Gasteiger partial charge on any atom is -0.0138 e. The molecule has 0 aromatic heterocycles. The number of allylic oxidation sites excluding steroid dienone is 9. The summed E-state index contributed by atoms with van der Waals surface area (Å²) in [6.07, 6.45) is 14.8. The number of hydrogen-bond acceptors (Lipinski definition) is 0. The largest absolute Gasteiger partial charge is 0.0990 e. The highest BCUT2D eigenvalue weighted by atomic mass is 31.1. The predicted molar refractivity (Wildman–Crippen MR) is 94.7 cm³/mol. The third-order valence-corrected chi connectivity index (χ3v) is 5.34. The first-order chi connectivity index (χ1) is 9.78. The summed E-state index contributed by atoms with van der Waals surface area (Å²) in [7, 11) is -0.523. The molecule has 0 spiro atoms. The van der Waals surface area contributed by atoms with Gasteiger partial charge >= 0.3 is 0 Å². The van der Waals surface area contributed by atoms with Crippen molar-refractivity contribution in [1.82, 2.24) is 0 Å². The molecule has 1 atom stereocenters. The molecule has 1 heteroatoms. The molecule has 1 unspecified atom stereocenters. The topological polar surface area (TPSA) is 0 Å². The summed E-state index contributed by atoms with van der Waals surface area (Å²) in [5.41, 5.74) is 0. The van der Waals surface area contributed by atoms with Gasteiger partial charge in [-0.15, -0.1) is 0 Å². The zero-order valence-corrected chi connectivity index (χ0v) is 13.5. The zero-order valence-electron chi connectivity index (χ0n) is 12.6. The van der Waals surface area contributed by atoms with Gasteiger partial charge in [-0.2, -0.15) is 0 Å². The van der Waals surface area contributed by atoms with Gasteiger partial charge in [-0.1, -0.05) is 79.4 Å². The lowest BCUT2D eigenvalue weighted by molar-refractivity contribution is 1.63. The Hall–Kier alpha value is -1.65. The highest BCUT2D eigenvalue weighted by Gasteiger charge is 2.16. The van der Waals surface area contributed by atoms with Crippen LogP contribution in [0.25, 0.3) is 0 Å². The smallest absolute Gasteiger partial charge is 0.0138 e. The van der Waals surface area contributed by atoms with Gasteiger partial charge in [0.2, 0.25) is 0 Å². The summed E-state index contributed by atoms with van der Waals surface area (Å²) in [5.74, 6) is 0. The lowest BCUT2D eigenvalue weighted by atomic mass is 10.4. The van der Waals surface area contributed by atoms with Crippen LogP contribution in [0, 0.1) is 0 Å². The minimum atomic E-state index is -0.523. The molecular weight excluding hydrogens is 259 g/mol. The molecule has 0 aliphatic carbocycles. The van der Waals surface area contributed by atoms with E-state index >= 15 is 0 Å². The fourth-order valence-electron chi connectivity index (χ4n) is 1.99. The van der Waals surface area contributed by atoms with Crippen LogP contribution in [0.5, 0.6) is 0 Å². The monoisotopic (exact) mass is 282 g/mol. The van der Waals surface area contributed by atoms with Gasteiger partial charge in [0.15, 0.2) is 0 Å². The quantitative estimate of drug-likeness (QED) is 0.449. The molecule has 0 saturated heterocycles. The second kappa shape index (κ2) is 9.28. The van der Waals surface area contributed by atoms with E-state index in [9.17, 15) is 0 Å². The normalized spacial score (nSPS) is 14.9. The fourth-order valence-corrected chi connectivity index (χ4v) is 4.46. The van der Waals surface area contributed by atoms with Crippen molar-refractivity contribution < 1.29 is 0 Å². The molecule has 0 saturated carbocycles. The van der Waals surface area contributed by atoms with E-state index in [0.29, 0.717) is 0 Å². The Morgan fingerprint density at radius 1 is 0.950 bits per heavy atom. The van der Waals surface area contributed by atoms with Crippen molar-refractivity contribution in [2.75, 3.05) is 0 Å². The Morgan fingerprint density at radius 3 is 2.05 bits per heavy atom. The van der Waals surface area contributed by atoms with Gasteiger partial charge in [0.1, 0.15) is 0 Å². The molecular formula is C19H23P. The van der Waals surface area contributed by atoms with E-state index in [1.165, 1.54) is 15.9 Å². The molecule has 0 bridgehead atoms. The molecule has 1 aromatic carbocycles. The first-order valence-electron chi connectivity index (χ1n) is 6.88. The van der Waals surface area contributed by atoms with E-state index in [4.69, 9.17) is 0 Å². The van der Waals surface area contributed by atoms with Crippen molar-refractivity contribution in [3.8, 4) is 0 Å². The van der Waals surface area contributed by atoms with Crippen molar-refractivity contribution in [1.29, 1.82) is 0 Å². The molecule has 0 nitrogen and oxygen atoms in total. The molecule has 104 valence electrons.